The lowest BCUT2D eigenvalue weighted by Gasteiger charge is -2.36. The van der Waals surface area contributed by atoms with Crippen LogP contribution in [0, 0.1) is 17.7 Å². The summed E-state index contributed by atoms with van der Waals surface area (Å²) in [6.45, 7) is 10.1. The first-order chi connectivity index (χ1) is 14.2. The highest BCUT2D eigenvalue weighted by atomic mass is 32.2. The maximum absolute atomic E-state index is 14.4. The highest BCUT2D eigenvalue weighted by Crippen LogP contribution is 2.22. The Hall–Kier alpha value is -1.55. The molecular formula is C21H32FN3O4S. The zero-order chi connectivity index (χ0) is 21.9. The van der Waals surface area contributed by atoms with Crippen LogP contribution in [0.4, 0.5) is 4.39 Å². The Morgan fingerprint density at radius 3 is 2.50 bits per heavy atom. The van der Waals surface area contributed by atoms with Crippen LogP contribution in [-0.2, 0) is 14.8 Å². The molecule has 1 amide bonds. The van der Waals surface area contributed by atoms with Crippen LogP contribution in [0.5, 0.6) is 0 Å². The Kier molecular flexibility index (Phi) is 7.49. The van der Waals surface area contributed by atoms with E-state index in [2.05, 4.69) is 24.1 Å². The number of benzene rings is 1. The van der Waals surface area contributed by atoms with Crippen molar-refractivity contribution >= 4 is 15.9 Å². The maximum Gasteiger partial charge on any atom is 0.254 e. The van der Waals surface area contributed by atoms with Crippen LogP contribution in [0.2, 0.25) is 0 Å². The molecule has 2 aliphatic rings. The van der Waals surface area contributed by atoms with Crippen molar-refractivity contribution in [3.8, 4) is 0 Å². The fourth-order valence-corrected chi connectivity index (χ4v) is 5.89. The Labute approximate surface area is 178 Å². The summed E-state index contributed by atoms with van der Waals surface area (Å²) in [5.41, 5.74) is -0.253. The van der Waals surface area contributed by atoms with Crippen molar-refractivity contribution in [1.29, 1.82) is 0 Å². The third-order valence-electron chi connectivity index (χ3n) is 5.64. The van der Waals surface area contributed by atoms with Crippen molar-refractivity contribution in [3.05, 3.63) is 29.6 Å². The highest BCUT2D eigenvalue weighted by molar-refractivity contribution is 7.89. The van der Waals surface area contributed by atoms with Gasteiger partial charge in [0.1, 0.15) is 5.82 Å². The third kappa shape index (κ3) is 5.57. The molecule has 168 valence electrons. The molecule has 30 heavy (non-hydrogen) atoms. The summed E-state index contributed by atoms with van der Waals surface area (Å²) in [5, 5.41) is 2.82. The van der Waals surface area contributed by atoms with Gasteiger partial charge in [0.25, 0.3) is 5.91 Å². The van der Waals surface area contributed by atoms with Crippen LogP contribution < -0.4 is 5.32 Å². The van der Waals surface area contributed by atoms with Crippen molar-refractivity contribution < 1.29 is 22.3 Å². The lowest BCUT2D eigenvalue weighted by Crippen LogP contribution is -2.47. The number of hydrogen-bond donors (Lipinski definition) is 1. The van der Waals surface area contributed by atoms with Gasteiger partial charge in [0.05, 0.1) is 23.7 Å². The predicted molar refractivity (Wildman–Crippen MR) is 112 cm³/mol. The number of piperidine rings is 1. The monoisotopic (exact) mass is 441 g/mol. The molecule has 3 atom stereocenters. The van der Waals surface area contributed by atoms with Gasteiger partial charge < -0.3 is 15.0 Å². The smallest absolute Gasteiger partial charge is 0.254 e. The van der Waals surface area contributed by atoms with E-state index in [4.69, 9.17) is 4.74 Å². The van der Waals surface area contributed by atoms with E-state index in [1.54, 1.807) is 0 Å². The number of likely N-dealkylation sites (tertiary alicyclic amines) is 1. The molecule has 0 saturated carbocycles. The highest BCUT2D eigenvalue weighted by Gasteiger charge is 2.28. The van der Waals surface area contributed by atoms with E-state index >= 15 is 0 Å². The zero-order valence-corrected chi connectivity index (χ0v) is 18.8. The minimum atomic E-state index is -3.80. The molecule has 2 aliphatic heterocycles. The first kappa shape index (κ1) is 23.1. The van der Waals surface area contributed by atoms with E-state index in [0.29, 0.717) is 31.6 Å². The lowest BCUT2D eigenvalue weighted by molar-refractivity contribution is 0.0730. The number of ether oxygens (including phenoxy) is 1. The number of halogens is 1. The number of hydrogen-bond acceptors (Lipinski definition) is 5. The van der Waals surface area contributed by atoms with Gasteiger partial charge in [0.15, 0.2) is 0 Å². The molecule has 0 spiro atoms. The van der Waals surface area contributed by atoms with Crippen LogP contribution in [0.25, 0.3) is 0 Å². The molecule has 3 rings (SSSR count). The van der Waals surface area contributed by atoms with E-state index in [1.807, 2.05) is 6.92 Å². The topological polar surface area (TPSA) is 79.0 Å². The molecule has 0 radical (unpaired) electrons. The third-order valence-corrected chi connectivity index (χ3v) is 7.54. The Balaban J connectivity index is 1.69. The van der Waals surface area contributed by atoms with Crippen LogP contribution >= 0.6 is 0 Å². The van der Waals surface area contributed by atoms with Gasteiger partial charge in [-0.1, -0.05) is 13.8 Å². The average Bonchev–Trinajstić information content (AvgIpc) is 2.67. The molecule has 1 aromatic rings. The summed E-state index contributed by atoms with van der Waals surface area (Å²) in [4.78, 5) is 14.9. The second-order valence-corrected chi connectivity index (χ2v) is 10.6. The van der Waals surface area contributed by atoms with Gasteiger partial charge in [-0.3, -0.25) is 4.79 Å². The fourth-order valence-electron chi connectivity index (χ4n) is 4.45. The normalized spacial score (nSPS) is 25.1. The summed E-state index contributed by atoms with van der Waals surface area (Å²) in [6, 6.07) is 3.19. The zero-order valence-electron chi connectivity index (χ0n) is 17.9. The molecule has 9 heteroatoms. The van der Waals surface area contributed by atoms with Gasteiger partial charge in [0.2, 0.25) is 10.0 Å². The van der Waals surface area contributed by atoms with Crippen molar-refractivity contribution in [3.63, 3.8) is 0 Å². The lowest BCUT2D eigenvalue weighted by atomic mass is 9.92. The number of amides is 1. The molecule has 0 bridgehead atoms. The molecular weight excluding hydrogens is 409 g/mol. The predicted octanol–water partition coefficient (Wildman–Crippen LogP) is 1.94. The van der Waals surface area contributed by atoms with Crippen molar-refractivity contribution in [2.45, 2.75) is 38.1 Å². The number of morpholine rings is 1. The minimum absolute atomic E-state index is 0.0812. The number of sulfonamides is 1. The van der Waals surface area contributed by atoms with Crippen LogP contribution in [0.15, 0.2) is 23.1 Å². The van der Waals surface area contributed by atoms with Crippen LogP contribution in [0.3, 0.4) is 0 Å². The number of nitrogens with one attached hydrogen (secondary N) is 1. The number of carbonyl (C=O) groups is 1. The summed E-state index contributed by atoms with van der Waals surface area (Å²) in [5.74, 6) is -0.120. The Bertz CT molecular complexity index is 848. The molecule has 0 aliphatic carbocycles. The Morgan fingerprint density at radius 2 is 1.87 bits per heavy atom. The quantitative estimate of drug-likeness (QED) is 0.730. The number of nitrogens with zero attached hydrogens (tertiary/aromatic N) is 2. The van der Waals surface area contributed by atoms with Gasteiger partial charge in [-0.05, 0) is 43.4 Å². The maximum atomic E-state index is 14.4. The molecule has 3 unspecified atom stereocenters. The summed E-state index contributed by atoms with van der Waals surface area (Å²) in [7, 11) is -3.80. The molecule has 1 aromatic carbocycles. The minimum Gasteiger partial charge on any atom is -0.379 e. The Morgan fingerprint density at radius 1 is 1.23 bits per heavy atom. The number of rotatable bonds is 6. The van der Waals surface area contributed by atoms with Gasteiger partial charge in [-0.15, -0.1) is 0 Å². The van der Waals surface area contributed by atoms with E-state index in [-0.39, 0.29) is 29.6 Å². The molecule has 7 nitrogen and oxygen atoms in total. The first-order valence-corrected chi connectivity index (χ1v) is 12.0. The van der Waals surface area contributed by atoms with Crippen LogP contribution in [-0.4, -0.2) is 75.5 Å². The van der Waals surface area contributed by atoms with Gasteiger partial charge in [-0.2, -0.15) is 4.31 Å². The SMILES string of the molecule is CC1CC(C)CN(CC(C)NC(=O)c2cc(S(=O)(=O)N3CCOCC3)ccc2F)C1. The second-order valence-electron chi connectivity index (χ2n) is 8.70. The summed E-state index contributed by atoms with van der Waals surface area (Å²) >= 11 is 0. The van der Waals surface area contributed by atoms with E-state index in [0.717, 1.165) is 25.2 Å². The second kappa shape index (κ2) is 9.72. The number of carbonyl (C=O) groups excluding carboxylic acids is 1. The standard InChI is InChI=1S/C21H32FN3O4S/c1-15-10-16(2)13-24(12-15)14-17(3)23-21(26)19-11-18(4-5-20(19)22)30(27,28)25-6-8-29-9-7-25/h4-5,11,15-17H,6-10,12-14H2,1-3H3,(H,23,26). The molecule has 2 fully saturated rings. The molecule has 0 aromatic heterocycles. The summed E-state index contributed by atoms with van der Waals surface area (Å²) < 4.78 is 46.5. The summed E-state index contributed by atoms with van der Waals surface area (Å²) in [6.07, 6.45) is 1.20. The van der Waals surface area contributed by atoms with Crippen molar-refractivity contribution in [1.82, 2.24) is 14.5 Å². The fraction of sp³-hybridized carbons (Fsp3) is 0.667. The first-order valence-electron chi connectivity index (χ1n) is 10.6. The van der Waals surface area contributed by atoms with Gasteiger partial charge in [0, 0.05) is 38.8 Å². The van der Waals surface area contributed by atoms with Crippen LogP contribution in [0.1, 0.15) is 37.6 Å². The molecule has 2 heterocycles. The van der Waals surface area contributed by atoms with Gasteiger partial charge >= 0.3 is 0 Å². The van der Waals surface area contributed by atoms with Crippen molar-refractivity contribution in [2.24, 2.45) is 11.8 Å². The van der Waals surface area contributed by atoms with E-state index in [1.165, 1.54) is 16.8 Å². The average molecular weight is 442 g/mol. The van der Waals surface area contributed by atoms with Crippen molar-refractivity contribution in [2.75, 3.05) is 45.9 Å². The largest absolute Gasteiger partial charge is 0.379 e. The van der Waals surface area contributed by atoms with E-state index in [9.17, 15) is 17.6 Å². The van der Waals surface area contributed by atoms with E-state index < -0.39 is 21.7 Å². The molecule has 1 N–H and O–H groups in total. The van der Waals surface area contributed by atoms with Gasteiger partial charge in [-0.25, -0.2) is 12.8 Å². The molecule has 2 saturated heterocycles.